The monoisotopic (exact) mass is 337 g/mol. The summed E-state index contributed by atoms with van der Waals surface area (Å²) in [5, 5.41) is -0.474. The van der Waals surface area contributed by atoms with Gasteiger partial charge in [0.2, 0.25) is 15.0 Å². The van der Waals surface area contributed by atoms with E-state index in [9.17, 15) is 13.2 Å². The molecule has 0 aliphatic carbocycles. The van der Waals surface area contributed by atoms with Gasteiger partial charge in [-0.1, -0.05) is 11.6 Å². The van der Waals surface area contributed by atoms with Crippen LogP contribution in [-0.4, -0.2) is 32.7 Å². The number of benzene rings is 1. The van der Waals surface area contributed by atoms with Crippen molar-refractivity contribution in [3.63, 3.8) is 0 Å². The molecule has 8 heteroatoms. The molecule has 110 valence electrons. The van der Waals surface area contributed by atoms with Crippen molar-refractivity contribution in [3.8, 4) is 5.75 Å². The quantitative estimate of drug-likeness (QED) is 0.791. The fourth-order valence-corrected chi connectivity index (χ4v) is 3.27. The summed E-state index contributed by atoms with van der Waals surface area (Å²) in [6, 6.07) is 4.87. The van der Waals surface area contributed by atoms with Gasteiger partial charge in [0.15, 0.2) is 0 Å². The predicted molar refractivity (Wildman–Crippen MR) is 78.2 cm³/mol. The van der Waals surface area contributed by atoms with Crippen LogP contribution >= 0.6 is 22.3 Å². The molecule has 2 rings (SSSR count). The minimum atomic E-state index is -3.78. The summed E-state index contributed by atoms with van der Waals surface area (Å²) in [5.74, 6) is 0.167. The van der Waals surface area contributed by atoms with Crippen LogP contribution in [0.4, 0.5) is 5.69 Å². The third kappa shape index (κ3) is 3.19. The van der Waals surface area contributed by atoms with Crippen LogP contribution in [0.2, 0.25) is 5.02 Å². The van der Waals surface area contributed by atoms with Crippen molar-refractivity contribution in [2.24, 2.45) is 0 Å². The second-order valence-electron chi connectivity index (χ2n) is 4.35. The molecule has 1 heterocycles. The topological polar surface area (TPSA) is 63.7 Å². The number of carbonyl (C=O) groups excluding carboxylic acids is 1. The Kier molecular flexibility index (Phi) is 4.46. The fourth-order valence-electron chi connectivity index (χ4n) is 2.08. The molecule has 0 saturated carbocycles. The highest BCUT2D eigenvalue weighted by molar-refractivity contribution is 8.14. The summed E-state index contributed by atoms with van der Waals surface area (Å²) in [7, 11) is 1.55. The molecule has 0 N–H and O–H groups in total. The second kappa shape index (κ2) is 5.79. The van der Waals surface area contributed by atoms with Gasteiger partial charge in [-0.2, -0.15) is 0 Å². The zero-order valence-corrected chi connectivity index (χ0v) is 13.0. The van der Waals surface area contributed by atoms with E-state index in [0.29, 0.717) is 23.1 Å². The van der Waals surface area contributed by atoms with Crippen LogP contribution in [0.15, 0.2) is 18.2 Å². The predicted octanol–water partition coefficient (Wildman–Crippen LogP) is 2.41. The van der Waals surface area contributed by atoms with E-state index < -0.39 is 14.3 Å². The molecule has 5 nitrogen and oxygen atoms in total. The lowest BCUT2D eigenvalue weighted by atomic mass is 10.2. The van der Waals surface area contributed by atoms with Gasteiger partial charge in [0.1, 0.15) is 11.0 Å². The third-order valence-corrected chi connectivity index (χ3v) is 5.10. The fraction of sp³-hybridized carbons (Fsp3) is 0.417. The minimum Gasteiger partial charge on any atom is -0.492 e. The van der Waals surface area contributed by atoms with Crippen molar-refractivity contribution in [1.29, 1.82) is 0 Å². The molecule has 0 spiro atoms. The number of amides is 1. The molecule has 1 aliphatic rings. The third-order valence-electron chi connectivity index (χ3n) is 3.00. The molecule has 1 saturated heterocycles. The number of ether oxygens (including phenoxy) is 1. The van der Waals surface area contributed by atoms with Crippen LogP contribution in [0.3, 0.4) is 0 Å². The number of halogens is 2. The maximum atomic E-state index is 12.0. The van der Waals surface area contributed by atoms with Crippen molar-refractivity contribution in [1.82, 2.24) is 0 Å². The highest BCUT2D eigenvalue weighted by atomic mass is 35.7. The molecular formula is C12H13Cl2NO4S. The lowest BCUT2D eigenvalue weighted by molar-refractivity contribution is -0.117. The zero-order chi connectivity index (χ0) is 14.9. The highest BCUT2D eigenvalue weighted by Crippen LogP contribution is 2.35. The van der Waals surface area contributed by atoms with Crippen LogP contribution in [-0.2, 0) is 13.8 Å². The Balaban J connectivity index is 2.37. The largest absolute Gasteiger partial charge is 0.492 e. The second-order valence-corrected chi connectivity index (χ2v) is 7.70. The SMILES string of the molecule is CCOc1ccc(Cl)cc1N1CC(S(=O)(=O)Cl)CC1=O. The number of hydrogen-bond donors (Lipinski definition) is 0. The Hall–Kier alpha value is -0.980. The molecule has 20 heavy (non-hydrogen) atoms. The van der Waals surface area contributed by atoms with E-state index in [0.717, 1.165) is 0 Å². The first kappa shape index (κ1) is 15.4. The summed E-state index contributed by atoms with van der Waals surface area (Å²) in [6.45, 7) is 2.25. The minimum absolute atomic E-state index is 0.00504. The van der Waals surface area contributed by atoms with Crippen molar-refractivity contribution >= 4 is 42.9 Å². The van der Waals surface area contributed by atoms with Crippen LogP contribution < -0.4 is 9.64 Å². The molecule has 1 aromatic carbocycles. The van der Waals surface area contributed by atoms with Crippen LogP contribution in [0, 0.1) is 0 Å². The molecule has 0 radical (unpaired) electrons. The van der Waals surface area contributed by atoms with Gasteiger partial charge in [0.25, 0.3) is 0 Å². The van der Waals surface area contributed by atoms with Gasteiger partial charge >= 0.3 is 0 Å². The first-order chi connectivity index (χ1) is 9.32. The maximum absolute atomic E-state index is 12.0. The number of nitrogens with zero attached hydrogens (tertiary/aromatic N) is 1. The Labute approximate surface area is 126 Å². The maximum Gasteiger partial charge on any atom is 0.237 e. The molecule has 0 bridgehead atoms. The van der Waals surface area contributed by atoms with Gasteiger partial charge < -0.3 is 9.64 Å². The van der Waals surface area contributed by atoms with Crippen LogP contribution in [0.5, 0.6) is 5.75 Å². The Morgan fingerprint density at radius 3 is 2.70 bits per heavy atom. The summed E-state index contributed by atoms with van der Waals surface area (Å²) < 4.78 is 28.2. The average Bonchev–Trinajstić information content (AvgIpc) is 2.74. The van der Waals surface area contributed by atoms with Gasteiger partial charge in [-0.3, -0.25) is 4.79 Å². The molecule has 1 fully saturated rings. The van der Waals surface area contributed by atoms with Gasteiger partial charge in [0, 0.05) is 28.7 Å². The van der Waals surface area contributed by atoms with Crippen molar-refractivity contribution in [2.45, 2.75) is 18.6 Å². The standard InChI is InChI=1S/C12H13Cl2NO4S/c1-2-19-11-4-3-8(13)5-10(11)15-7-9(6-12(15)16)20(14,17)18/h3-5,9H,2,6-7H2,1H3. The van der Waals surface area contributed by atoms with Gasteiger partial charge in [-0.25, -0.2) is 8.42 Å². The van der Waals surface area contributed by atoms with E-state index >= 15 is 0 Å². The first-order valence-corrected chi connectivity index (χ1v) is 8.74. The molecule has 1 aliphatic heterocycles. The van der Waals surface area contributed by atoms with Gasteiger partial charge in [-0.05, 0) is 25.1 Å². The van der Waals surface area contributed by atoms with E-state index in [2.05, 4.69) is 0 Å². The normalized spacial score (nSPS) is 19.4. The lowest BCUT2D eigenvalue weighted by Crippen LogP contribution is -2.27. The van der Waals surface area contributed by atoms with E-state index in [4.69, 9.17) is 27.0 Å². The summed E-state index contributed by atoms with van der Waals surface area (Å²) in [4.78, 5) is 13.4. The highest BCUT2D eigenvalue weighted by Gasteiger charge is 2.39. The van der Waals surface area contributed by atoms with Gasteiger partial charge in [0.05, 0.1) is 12.3 Å². The molecule has 1 unspecified atom stereocenters. The molecule has 1 aromatic rings. The molecule has 0 aromatic heterocycles. The average molecular weight is 338 g/mol. The Morgan fingerprint density at radius 1 is 1.45 bits per heavy atom. The summed E-state index contributed by atoms with van der Waals surface area (Å²) in [5.41, 5.74) is 0.465. The van der Waals surface area contributed by atoms with Crippen LogP contribution in [0.25, 0.3) is 0 Å². The molecule has 1 amide bonds. The van der Waals surface area contributed by atoms with Gasteiger partial charge in [-0.15, -0.1) is 0 Å². The lowest BCUT2D eigenvalue weighted by Gasteiger charge is -2.20. The van der Waals surface area contributed by atoms with Crippen molar-refractivity contribution in [3.05, 3.63) is 23.2 Å². The number of hydrogen-bond acceptors (Lipinski definition) is 4. The zero-order valence-electron chi connectivity index (χ0n) is 10.7. The Bertz CT molecular complexity index is 632. The smallest absolute Gasteiger partial charge is 0.237 e. The number of anilines is 1. The van der Waals surface area contributed by atoms with Crippen molar-refractivity contribution < 1.29 is 17.9 Å². The summed E-state index contributed by atoms with van der Waals surface area (Å²) >= 11 is 5.93. The summed E-state index contributed by atoms with van der Waals surface area (Å²) in [6.07, 6.45) is -0.135. The Morgan fingerprint density at radius 2 is 2.15 bits per heavy atom. The van der Waals surface area contributed by atoms with E-state index in [1.54, 1.807) is 18.2 Å². The van der Waals surface area contributed by atoms with E-state index in [1.165, 1.54) is 4.90 Å². The molecular weight excluding hydrogens is 325 g/mol. The first-order valence-electron chi connectivity index (χ1n) is 5.99. The van der Waals surface area contributed by atoms with E-state index in [1.807, 2.05) is 6.92 Å². The van der Waals surface area contributed by atoms with Crippen LogP contribution in [0.1, 0.15) is 13.3 Å². The number of rotatable bonds is 4. The molecule has 1 atom stereocenters. The van der Waals surface area contributed by atoms with E-state index in [-0.39, 0.29) is 18.9 Å². The number of carbonyl (C=O) groups is 1. The van der Waals surface area contributed by atoms with Crippen molar-refractivity contribution in [2.75, 3.05) is 18.1 Å².